The van der Waals surface area contributed by atoms with Crippen molar-refractivity contribution in [3.63, 3.8) is 0 Å². The summed E-state index contributed by atoms with van der Waals surface area (Å²) in [7, 11) is 3.27. The van der Waals surface area contributed by atoms with Crippen molar-refractivity contribution in [1.82, 2.24) is 0 Å². The maximum absolute atomic E-state index is 6.43. The van der Waals surface area contributed by atoms with E-state index in [-0.39, 0.29) is 5.92 Å². The van der Waals surface area contributed by atoms with Gasteiger partial charge in [0.05, 0.1) is 0 Å². The van der Waals surface area contributed by atoms with Crippen LogP contribution in [0.15, 0.2) is 0 Å². The third-order valence-corrected chi connectivity index (χ3v) is 4.47. The number of rotatable bonds is 13. The number of methoxy groups -OCH3 is 2. The zero-order valence-corrected chi connectivity index (χ0v) is 14.1. The Bertz CT molecular complexity index is 193. The molecule has 0 aromatic rings. The van der Waals surface area contributed by atoms with Gasteiger partial charge in [-0.25, -0.2) is 0 Å². The molecule has 0 bridgehead atoms. The maximum Gasteiger partial charge on any atom is 0.250 e. The van der Waals surface area contributed by atoms with Crippen LogP contribution in [0.5, 0.6) is 0 Å². The number of unbranched alkanes of at least 4 members (excludes halogenated alkanes) is 6. The van der Waals surface area contributed by atoms with Crippen molar-refractivity contribution in [2.24, 2.45) is 5.92 Å². The Morgan fingerprint density at radius 1 is 0.789 bits per heavy atom. The molecule has 0 aliphatic carbocycles. The van der Waals surface area contributed by atoms with Crippen LogP contribution in [0.1, 0.15) is 78.1 Å². The van der Waals surface area contributed by atoms with Gasteiger partial charge in [0.2, 0.25) is 0 Å². The summed E-state index contributed by atoms with van der Waals surface area (Å²) >= 11 is 6.43. The highest BCUT2D eigenvalue weighted by Crippen LogP contribution is 2.35. The van der Waals surface area contributed by atoms with Crippen LogP contribution >= 0.6 is 11.6 Å². The van der Waals surface area contributed by atoms with Crippen LogP contribution in [0.4, 0.5) is 0 Å². The maximum atomic E-state index is 6.43. The van der Waals surface area contributed by atoms with E-state index in [1.807, 2.05) is 0 Å². The van der Waals surface area contributed by atoms with Crippen molar-refractivity contribution in [2.75, 3.05) is 14.2 Å². The van der Waals surface area contributed by atoms with Gasteiger partial charge in [0, 0.05) is 20.1 Å². The molecule has 0 saturated heterocycles. The van der Waals surface area contributed by atoms with Crippen molar-refractivity contribution < 1.29 is 9.47 Å². The average Bonchev–Trinajstić information content (AvgIpc) is 2.45. The monoisotopic (exact) mass is 292 g/mol. The minimum atomic E-state index is -0.932. The predicted octanol–water partition coefficient (Wildman–Crippen LogP) is 5.73. The molecule has 0 heterocycles. The van der Waals surface area contributed by atoms with Gasteiger partial charge in [0.25, 0.3) is 5.25 Å². The molecule has 3 heteroatoms. The van der Waals surface area contributed by atoms with Crippen molar-refractivity contribution in [3.8, 4) is 0 Å². The van der Waals surface area contributed by atoms with Crippen LogP contribution in [-0.2, 0) is 9.47 Å². The number of halogens is 1. The van der Waals surface area contributed by atoms with Gasteiger partial charge in [-0.2, -0.15) is 0 Å². The van der Waals surface area contributed by atoms with Crippen LogP contribution in [0.25, 0.3) is 0 Å². The van der Waals surface area contributed by atoms with E-state index in [9.17, 15) is 0 Å². The zero-order valence-electron chi connectivity index (χ0n) is 13.3. The standard InChI is InChI=1S/C16H33ClO2/c1-5-7-9-10-11-12-14-15(13-8-6-2)16(17,18-3)19-4/h15H,5-14H2,1-4H3. The van der Waals surface area contributed by atoms with Gasteiger partial charge in [-0.05, 0) is 12.8 Å². The molecule has 0 saturated carbocycles. The molecule has 1 atom stereocenters. The average molecular weight is 293 g/mol. The Morgan fingerprint density at radius 2 is 1.26 bits per heavy atom. The fraction of sp³-hybridized carbons (Fsp3) is 1.00. The molecule has 0 aliphatic rings. The SMILES string of the molecule is CCCCCCCCC(CCCC)C(Cl)(OC)OC. The first-order valence-electron chi connectivity index (χ1n) is 7.93. The van der Waals surface area contributed by atoms with Gasteiger partial charge in [0.1, 0.15) is 0 Å². The Balaban J connectivity index is 4.05. The van der Waals surface area contributed by atoms with Crippen LogP contribution in [0, 0.1) is 5.92 Å². The fourth-order valence-electron chi connectivity index (χ4n) is 2.53. The van der Waals surface area contributed by atoms with Crippen LogP contribution in [0.3, 0.4) is 0 Å². The van der Waals surface area contributed by atoms with E-state index >= 15 is 0 Å². The van der Waals surface area contributed by atoms with E-state index in [1.165, 1.54) is 51.4 Å². The molecular weight excluding hydrogens is 260 g/mol. The number of ether oxygens (including phenoxy) is 2. The minimum absolute atomic E-state index is 0.287. The molecule has 0 aromatic carbocycles. The second kappa shape index (κ2) is 12.0. The van der Waals surface area contributed by atoms with E-state index in [4.69, 9.17) is 21.1 Å². The van der Waals surface area contributed by atoms with Crippen molar-refractivity contribution >= 4 is 11.6 Å². The summed E-state index contributed by atoms with van der Waals surface area (Å²) in [5.74, 6) is 0.287. The second-order valence-corrected chi connectivity index (χ2v) is 5.91. The fourth-order valence-corrected chi connectivity index (χ4v) is 2.75. The highest BCUT2D eigenvalue weighted by Gasteiger charge is 2.36. The topological polar surface area (TPSA) is 18.5 Å². The van der Waals surface area contributed by atoms with Gasteiger partial charge >= 0.3 is 0 Å². The third kappa shape index (κ3) is 8.16. The van der Waals surface area contributed by atoms with Crippen LogP contribution < -0.4 is 0 Å². The lowest BCUT2D eigenvalue weighted by Gasteiger charge is -2.32. The van der Waals surface area contributed by atoms with Crippen LogP contribution in [0.2, 0.25) is 0 Å². The molecule has 0 spiro atoms. The molecule has 0 amide bonds. The molecule has 0 N–H and O–H groups in total. The second-order valence-electron chi connectivity index (χ2n) is 5.39. The molecule has 0 rings (SSSR count). The summed E-state index contributed by atoms with van der Waals surface area (Å²) in [5, 5.41) is -0.932. The Hall–Kier alpha value is 0.210. The summed E-state index contributed by atoms with van der Waals surface area (Å²) in [6, 6.07) is 0. The first kappa shape index (κ1) is 19.2. The molecule has 116 valence electrons. The smallest absolute Gasteiger partial charge is 0.250 e. The molecule has 0 aliphatic heterocycles. The van der Waals surface area contributed by atoms with Crippen LogP contribution in [-0.4, -0.2) is 19.5 Å². The highest BCUT2D eigenvalue weighted by molar-refractivity contribution is 6.22. The highest BCUT2D eigenvalue weighted by atomic mass is 35.5. The minimum Gasteiger partial charge on any atom is -0.340 e. The molecule has 19 heavy (non-hydrogen) atoms. The lowest BCUT2D eigenvalue weighted by molar-refractivity contribution is -0.179. The molecule has 0 fully saturated rings. The summed E-state index contributed by atoms with van der Waals surface area (Å²) < 4.78 is 10.8. The van der Waals surface area contributed by atoms with Gasteiger partial charge in [0.15, 0.2) is 0 Å². The predicted molar refractivity (Wildman–Crippen MR) is 83.6 cm³/mol. The normalized spacial score (nSPS) is 13.7. The first-order valence-corrected chi connectivity index (χ1v) is 8.31. The Kier molecular flexibility index (Phi) is 12.1. The molecule has 0 radical (unpaired) electrons. The number of alkyl halides is 1. The van der Waals surface area contributed by atoms with Crippen molar-refractivity contribution in [1.29, 1.82) is 0 Å². The molecular formula is C16H33ClO2. The molecule has 2 nitrogen and oxygen atoms in total. The van der Waals surface area contributed by atoms with Gasteiger partial charge in [-0.1, -0.05) is 76.8 Å². The van der Waals surface area contributed by atoms with Crippen molar-refractivity contribution in [3.05, 3.63) is 0 Å². The summed E-state index contributed by atoms with van der Waals surface area (Å²) in [6.07, 6.45) is 12.4. The number of hydrogen-bond donors (Lipinski definition) is 0. The van der Waals surface area contributed by atoms with E-state index in [1.54, 1.807) is 14.2 Å². The lowest BCUT2D eigenvalue weighted by Crippen LogP contribution is -2.36. The van der Waals surface area contributed by atoms with E-state index in [0.29, 0.717) is 0 Å². The first-order chi connectivity index (χ1) is 9.14. The van der Waals surface area contributed by atoms with Gasteiger partial charge < -0.3 is 9.47 Å². The largest absolute Gasteiger partial charge is 0.340 e. The van der Waals surface area contributed by atoms with Crippen molar-refractivity contribution in [2.45, 2.75) is 83.3 Å². The van der Waals surface area contributed by atoms with E-state index < -0.39 is 5.25 Å². The van der Waals surface area contributed by atoms with Gasteiger partial charge in [-0.3, -0.25) is 0 Å². The summed E-state index contributed by atoms with van der Waals surface area (Å²) in [4.78, 5) is 0. The Morgan fingerprint density at radius 3 is 1.79 bits per heavy atom. The lowest BCUT2D eigenvalue weighted by atomic mass is 9.94. The van der Waals surface area contributed by atoms with E-state index in [0.717, 1.165) is 12.8 Å². The third-order valence-electron chi connectivity index (χ3n) is 3.86. The van der Waals surface area contributed by atoms with E-state index in [2.05, 4.69) is 13.8 Å². The molecule has 0 aromatic heterocycles. The molecule has 1 unspecified atom stereocenters. The van der Waals surface area contributed by atoms with Gasteiger partial charge in [-0.15, -0.1) is 0 Å². The zero-order chi connectivity index (χ0) is 14.6. The Labute approximate surface area is 125 Å². The summed E-state index contributed by atoms with van der Waals surface area (Å²) in [6.45, 7) is 4.46. The summed E-state index contributed by atoms with van der Waals surface area (Å²) in [5.41, 5.74) is 0. The quantitative estimate of drug-likeness (QED) is 0.245. The number of hydrogen-bond acceptors (Lipinski definition) is 2.